The van der Waals surface area contributed by atoms with Gasteiger partial charge in [-0.15, -0.1) is 0 Å². The van der Waals surface area contributed by atoms with Crippen LogP contribution in [0.15, 0.2) is 24.3 Å². The van der Waals surface area contributed by atoms with Crippen LogP contribution < -0.4 is 0 Å². The summed E-state index contributed by atoms with van der Waals surface area (Å²) >= 11 is 0. The largest absolute Gasteiger partial charge is 0.507 e. The molecule has 7 nitrogen and oxygen atoms in total. The van der Waals surface area contributed by atoms with Gasteiger partial charge in [0.1, 0.15) is 11.5 Å². The number of Topliss-reactive ketones (excluding diaryl/α,β-unsaturated/α-hetero) is 1. The Hall–Kier alpha value is -3.03. The second-order valence-electron chi connectivity index (χ2n) is 7.10. The van der Waals surface area contributed by atoms with Gasteiger partial charge in [-0.1, -0.05) is 12.1 Å². The third-order valence-electron chi connectivity index (χ3n) is 5.12. The van der Waals surface area contributed by atoms with Crippen LogP contribution in [-0.4, -0.2) is 46.6 Å². The third kappa shape index (κ3) is 2.63. The highest BCUT2D eigenvalue weighted by atomic mass is 16.7. The Balaban J connectivity index is 1.97. The summed E-state index contributed by atoms with van der Waals surface area (Å²) in [5.74, 6) is -3.49. The highest BCUT2D eigenvalue weighted by Gasteiger charge is 2.40. The van der Waals surface area contributed by atoms with E-state index in [-0.39, 0.29) is 40.0 Å². The summed E-state index contributed by atoms with van der Waals surface area (Å²) in [6.07, 6.45) is 0.122. The van der Waals surface area contributed by atoms with E-state index in [1.165, 1.54) is 31.2 Å². The van der Waals surface area contributed by atoms with Gasteiger partial charge in [-0.2, -0.15) is 0 Å². The number of carbonyl (C=O) groups is 3. The number of benzene rings is 2. The first kappa shape index (κ1) is 18.3. The molecule has 0 amide bonds. The second kappa shape index (κ2) is 6.25. The summed E-state index contributed by atoms with van der Waals surface area (Å²) in [6.45, 7) is 3.80. The molecule has 1 fully saturated rings. The minimum atomic E-state index is -0.997. The van der Waals surface area contributed by atoms with Crippen LogP contribution in [0.3, 0.4) is 0 Å². The van der Waals surface area contributed by atoms with Crippen LogP contribution in [-0.2, 0) is 15.9 Å². The van der Waals surface area contributed by atoms with Crippen LogP contribution in [0, 0.1) is 0 Å². The Bertz CT molecular complexity index is 1050. The lowest BCUT2D eigenvalue weighted by Crippen LogP contribution is -2.31. The third-order valence-corrected chi connectivity index (χ3v) is 5.12. The zero-order valence-corrected chi connectivity index (χ0v) is 15.4. The Morgan fingerprint density at radius 1 is 1.04 bits per heavy atom. The SMILES string of the molecule is CC(=O)c1c(CC2(C)OCCO2)cc(O)c2c1C(=O)c1cccc(O)c1C2=O. The van der Waals surface area contributed by atoms with Crippen LogP contribution in [0.4, 0.5) is 0 Å². The van der Waals surface area contributed by atoms with Crippen molar-refractivity contribution in [2.24, 2.45) is 0 Å². The van der Waals surface area contributed by atoms with E-state index >= 15 is 0 Å². The molecule has 2 aromatic carbocycles. The van der Waals surface area contributed by atoms with Crippen molar-refractivity contribution in [3.05, 3.63) is 57.6 Å². The van der Waals surface area contributed by atoms with E-state index in [1.807, 2.05) is 0 Å². The Labute approximate surface area is 160 Å². The summed E-state index contributed by atoms with van der Waals surface area (Å²) in [5, 5.41) is 20.6. The topological polar surface area (TPSA) is 110 Å². The fraction of sp³-hybridized carbons (Fsp3) is 0.286. The van der Waals surface area contributed by atoms with Crippen molar-refractivity contribution < 1.29 is 34.1 Å². The molecule has 1 aliphatic carbocycles. The van der Waals surface area contributed by atoms with Crippen LogP contribution >= 0.6 is 0 Å². The molecule has 144 valence electrons. The van der Waals surface area contributed by atoms with Gasteiger partial charge in [0, 0.05) is 23.1 Å². The average molecular weight is 382 g/mol. The fourth-order valence-corrected chi connectivity index (χ4v) is 3.95. The smallest absolute Gasteiger partial charge is 0.201 e. The number of hydrogen-bond acceptors (Lipinski definition) is 7. The average Bonchev–Trinajstić information content (AvgIpc) is 3.04. The number of hydrogen-bond donors (Lipinski definition) is 2. The molecule has 28 heavy (non-hydrogen) atoms. The number of phenolic OH excluding ortho intramolecular Hbond substituents is 2. The van der Waals surface area contributed by atoms with E-state index in [0.717, 1.165) is 0 Å². The first-order chi connectivity index (χ1) is 13.2. The zero-order valence-electron chi connectivity index (χ0n) is 15.4. The monoisotopic (exact) mass is 382 g/mol. The molecule has 1 heterocycles. The molecule has 0 spiro atoms. The quantitative estimate of drug-likeness (QED) is 0.669. The maximum atomic E-state index is 13.2. The number of ketones is 3. The summed E-state index contributed by atoms with van der Waals surface area (Å²) < 4.78 is 11.2. The fourth-order valence-electron chi connectivity index (χ4n) is 3.95. The lowest BCUT2D eigenvalue weighted by Gasteiger charge is -2.27. The lowest BCUT2D eigenvalue weighted by molar-refractivity contribution is -0.140. The molecule has 7 heteroatoms. The van der Waals surface area contributed by atoms with Gasteiger partial charge in [0.2, 0.25) is 5.78 Å². The first-order valence-electron chi connectivity index (χ1n) is 8.82. The molecule has 0 atom stereocenters. The number of phenols is 2. The molecule has 1 aliphatic heterocycles. The van der Waals surface area contributed by atoms with Gasteiger partial charge in [-0.25, -0.2) is 0 Å². The zero-order chi connectivity index (χ0) is 20.2. The van der Waals surface area contributed by atoms with Crippen molar-refractivity contribution in [2.45, 2.75) is 26.1 Å². The number of aromatic hydroxyl groups is 2. The summed E-state index contributed by atoms with van der Waals surface area (Å²) in [5.41, 5.74) is -0.181. The van der Waals surface area contributed by atoms with Crippen molar-refractivity contribution in [3.63, 3.8) is 0 Å². The molecule has 2 N–H and O–H groups in total. The van der Waals surface area contributed by atoms with Gasteiger partial charge in [-0.05, 0) is 31.5 Å². The number of ether oxygens (including phenoxy) is 2. The molecular formula is C21H18O7. The highest BCUT2D eigenvalue weighted by molar-refractivity contribution is 6.32. The van der Waals surface area contributed by atoms with Crippen molar-refractivity contribution >= 4 is 17.3 Å². The van der Waals surface area contributed by atoms with Gasteiger partial charge in [-0.3, -0.25) is 14.4 Å². The van der Waals surface area contributed by atoms with Crippen LogP contribution in [0.25, 0.3) is 0 Å². The van der Waals surface area contributed by atoms with Gasteiger partial charge in [0.15, 0.2) is 17.4 Å². The standard InChI is InChI=1S/C21H18O7/c1-10(22)15-11(9-21(2)27-6-7-28-21)8-14(24)17-18(15)19(25)12-4-3-5-13(23)16(12)20(17)26/h3-5,8,23-24H,6-7,9H2,1-2H3. The van der Waals surface area contributed by atoms with Crippen molar-refractivity contribution in [2.75, 3.05) is 13.2 Å². The van der Waals surface area contributed by atoms with E-state index in [2.05, 4.69) is 0 Å². The molecule has 0 bridgehead atoms. The molecule has 0 aromatic heterocycles. The van der Waals surface area contributed by atoms with Crippen molar-refractivity contribution in [3.8, 4) is 11.5 Å². The molecule has 0 unspecified atom stereocenters. The Morgan fingerprint density at radius 2 is 1.71 bits per heavy atom. The van der Waals surface area contributed by atoms with Gasteiger partial charge in [0.05, 0.1) is 24.3 Å². The first-order valence-corrected chi connectivity index (χ1v) is 8.82. The van der Waals surface area contributed by atoms with Gasteiger partial charge >= 0.3 is 0 Å². The highest BCUT2D eigenvalue weighted by Crippen LogP contribution is 2.40. The molecule has 0 radical (unpaired) electrons. The van der Waals surface area contributed by atoms with Gasteiger partial charge < -0.3 is 19.7 Å². The van der Waals surface area contributed by atoms with E-state index in [0.29, 0.717) is 18.8 Å². The van der Waals surface area contributed by atoms with E-state index in [1.54, 1.807) is 6.92 Å². The van der Waals surface area contributed by atoms with Crippen molar-refractivity contribution in [1.82, 2.24) is 0 Å². The molecule has 2 aliphatic rings. The minimum absolute atomic E-state index is 0.00359. The van der Waals surface area contributed by atoms with Crippen LogP contribution in [0.1, 0.15) is 61.6 Å². The number of carbonyl (C=O) groups excluding carboxylic acids is 3. The predicted octanol–water partition coefficient (Wildman–Crippen LogP) is 2.38. The Kier molecular flexibility index (Phi) is 4.10. The number of rotatable bonds is 3. The number of fused-ring (bicyclic) bond motifs is 2. The molecule has 2 aromatic rings. The minimum Gasteiger partial charge on any atom is -0.507 e. The van der Waals surface area contributed by atoms with E-state index in [4.69, 9.17) is 9.47 Å². The maximum Gasteiger partial charge on any atom is 0.201 e. The van der Waals surface area contributed by atoms with Gasteiger partial charge in [0.25, 0.3) is 0 Å². The van der Waals surface area contributed by atoms with Crippen LogP contribution in [0.2, 0.25) is 0 Å². The molecular weight excluding hydrogens is 364 g/mol. The normalized spacial score (nSPS) is 17.4. The molecule has 1 saturated heterocycles. The predicted molar refractivity (Wildman–Crippen MR) is 97.1 cm³/mol. The van der Waals surface area contributed by atoms with E-state index < -0.39 is 28.9 Å². The van der Waals surface area contributed by atoms with Crippen LogP contribution in [0.5, 0.6) is 11.5 Å². The molecule has 0 saturated carbocycles. The molecule has 4 rings (SSSR count). The summed E-state index contributed by atoms with van der Waals surface area (Å²) in [4.78, 5) is 38.6. The van der Waals surface area contributed by atoms with E-state index in [9.17, 15) is 24.6 Å². The maximum absolute atomic E-state index is 13.2. The Morgan fingerprint density at radius 3 is 2.36 bits per heavy atom. The second-order valence-corrected chi connectivity index (χ2v) is 7.10. The summed E-state index contributed by atoms with van der Waals surface area (Å²) in [7, 11) is 0. The summed E-state index contributed by atoms with van der Waals surface area (Å²) in [6, 6.07) is 5.45. The van der Waals surface area contributed by atoms with Crippen molar-refractivity contribution in [1.29, 1.82) is 0 Å². The lowest BCUT2D eigenvalue weighted by atomic mass is 9.78.